The van der Waals surface area contributed by atoms with E-state index in [1.54, 1.807) is 18.2 Å². The Balaban J connectivity index is 1.95. The minimum Gasteiger partial charge on any atom is -0.497 e. The third kappa shape index (κ3) is 3.21. The maximum atomic E-state index is 12.7. The molecule has 126 valence electrons. The van der Waals surface area contributed by atoms with Gasteiger partial charge >= 0.3 is 6.36 Å². The van der Waals surface area contributed by atoms with Crippen molar-refractivity contribution in [1.82, 2.24) is 0 Å². The number of benzene rings is 2. The lowest BCUT2D eigenvalue weighted by atomic mass is 10.1. The molecule has 0 fully saturated rings. The quantitative estimate of drug-likeness (QED) is 0.708. The predicted octanol–water partition coefficient (Wildman–Crippen LogP) is 4.94. The maximum Gasteiger partial charge on any atom is 0.573 e. The molecule has 1 unspecified atom stereocenters. The number of hydrogen-bond donors (Lipinski definition) is 0. The second kappa shape index (κ2) is 6.25. The van der Waals surface area contributed by atoms with Gasteiger partial charge in [0.1, 0.15) is 11.5 Å². The first-order valence-electron chi connectivity index (χ1n) is 6.66. The van der Waals surface area contributed by atoms with Crippen LogP contribution in [0.1, 0.15) is 11.1 Å². The highest BCUT2D eigenvalue weighted by molar-refractivity contribution is 9.15. The Kier molecular flexibility index (Phi) is 4.44. The van der Waals surface area contributed by atoms with Crippen molar-refractivity contribution in [3.8, 4) is 11.5 Å². The van der Waals surface area contributed by atoms with Gasteiger partial charge in [-0.3, -0.25) is 0 Å². The standard InChI is InChI=1S/C16H10BrF3O3S/c1-22-11-6-7-12-13(8-11)24(21)15(14(12)17)9-2-4-10(5-3-9)23-16(18,19)20/h2-8H,1H3. The van der Waals surface area contributed by atoms with E-state index in [-0.39, 0.29) is 5.75 Å². The average molecular weight is 419 g/mol. The number of halogens is 4. The van der Waals surface area contributed by atoms with Gasteiger partial charge < -0.3 is 9.47 Å². The molecule has 0 spiro atoms. The Labute approximate surface area is 146 Å². The van der Waals surface area contributed by atoms with Crippen LogP contribution in [0.5, 0.6) is 11.5 Å². The summed E-state index contributed by atoms with van der Waals surface area (Å²) in [6.07, 6.45) is -4.75. The average Bonchev–Trinajstić information content (AvgIpc) is 2.78. The van der Waals surface area contributed by atoms with Crippen molar-refractivity contribution < 1.29 is 26.9 Å². The molecule has 1 heterocycles. The Bertz CT molecular complexity index is 845. The molecule has 3 rings (SSSR count). The molecule has 0 aromatic heterocycles. The summed E-state index contributed by atoms with van der Waals surface area (Å²) >= 11 is 3.43. The van der Waals surface area contributed by atoms with Crippen LogP contribution in [0.2, 0.25) is 0 Å². The summed E-state index contributed by atoms with van der Waals surface area (Å²) in [5, 5.41) is 0. The lowest BCUT2D eigenvalue weighted by molar-refractivity contribution is -0.274. The summed E-state index contributed by atoms with van der Waals surface area (Å²) in [5.74, 6) is 0.253. The van der Waals surface area contributed by atoms with Gasteiger partial charge in [-0.25, -0.2) is 4.21 Å². The first-order valence-corrected chi connectivity index (χ1v) is 8.60. The molecule has 1 aliphatic rings. The minimum atomic E-state index is -4.75. The van der Waals surface area contributed by atoms with E-state index in [1.165, 1.54) is 31.4 Å². The van der Waals surface area contributed by atoms with Gasteiger partial charge in [-0.05, 0) is 51.8 Å². The molecule has 24 heavy (non-hydrogen) atoms. The third-order valence-corrected chi connectivity index (χ3v) is 5.99. The number of ether oxygens (including phenoxy) is 2. The van der Waals surface area contributed by atoms with Crippen molar-refractivity contribution in [3.63, 3.8) is 0 Å². The molecule has 0 radical (unpaired) electrons. The van der Waals surface area contributed by atoms with Crippen LogP contribution >= 0.6 is 15.9 Å². The molecule has 0 aliphatic carbocycles. The monoisotopic (exact) mass is 418 g/mol. The molecule has 0 saturated heterocycles. The van der Waals surface area contributed by atoms with E-state index in [2.05, 4.69) is 20.7 Å². The van der Waals surface area contributed by atoms with Gasteiger partial charge in [-0.2, -0.15) is 0 Å². The van der Waals surface area contributed by atoms with E-state index in [4.69, 9.17) is 4.74 Å². The van der Waals surface area contributed by atoms with Gasteiger partial charge in [0, 0.05) is 10.0 Å². The van der Waals surface area contributed by atoms with Crippen molar-refractivity contribution in [1.29, 1.82) is 0 Å². The second-order valence-electron chi connectivity index (χ2n) is 4.85. The highest BCUT2D eigenvalue weighted by atomic mass is 79.9. The number of fused-ring (bicyclic) bond motifs is 1. The maximum absolute atomic E-state index is 12.7. The summed E-state index contributed by atoms with van der Waals surface area (Å²) in [4.78, 5) is 1.09. The van der Waals surface area contributed by atoms with Gasteiger partial charge in [0.2, 0.25) is 0 Å². The van der Waals surface area contributed by atoms with Crippen LogP contribution in [0.3, 0.4) is 0 Å². The fourth-order valence-electron chi connectivity index (χ4n) is 2.32. The molecule has 8 heteroatoms. The molecular weight excluding hydrogens is 409 g/mol. The SMILES string of the molecule is COc1ccc2c(c1)S(=O)C(c1ccc(OC(F)(F)F)cc1)=C2Br. The summed E-state index contributed by atoms with van der Waals surface area (Å²) < 4.78 is 59.0. The lowest BCUT2D eigenvalue weighted by Crippen LogP contribution is -2.17. The van der Waals surface area contributed by atoms with E-state index in [9.17, 15) is 17.4 Å². The largest absolute Gasteiger partial charge is 0.573 e. The lowest BCUT2D eigenvalue weighted by Gasteiger charge is -2.09. The zero-order chi connectivity index (χ0) is 17.5. The molecular formula is C16H10BrF3O3S. The van der Waals surface area contributed by atoms with E-state index in [1.807, 2.05) is 0 Å². The fraction of sp³-hybridized carbons (Fsp3) is 0.125. The van der Waals surface area contributed by atoms with Crippen LogP contribution in [-0.4, -0.2) is 17.7 Å². The number of hydrogen-bond acceptors (Lipinski definition) is 3. The number of rotatable bonds is 3. The van der Waals surface area contributed by atoms with Gasteiger partial charge in [-0.1, -0.05) is 12.1 Å². The molecule has 1 aliphatic heterocycles. The summed E-state index contributed by atoms with van der Waals surface area (Å²) in [7, 11) is 0.0518. The van der Waals surface area contributed by atoms with Crippen molar-refractivity contribution in [2.24, 2.45) is 0 Å². The van der Waals surface area contributed by atoms with Crippen LogP contribution in [0.15, 0.2) is 47.4 Å². The van der Waals surface area contributed by atoms with Crippen LogP contribution in [0.25, 0.3) is 9.39 Å². The van der Waals surface area contributed by atoms with Gasteiger partial charge in [0.05, 0.1) is 27.7 Å². The third-order valence-electron chi connectivity index (χ3n) is 3.36. The highest BCUT2D eigenvalue weighted by Gasteiger charge is 2.32. The Morgan fingerprint density at radius 2 is 1.67 bits per heavy atom. The number of methoxy groups -OCH3 is 1. The van der Waals surface area contributed by atoms with E-state index in [0.717, 1.165) is 5.56 Å². The van der Waals surface area contributed by atoms with E-state index < -0.39 is 17.2 Å². The van der Waals surface area contributed by atoms with E-state index >= 15 is 0 Å². The molecule has 2 aromatic carbocycles. The van der Waals surface area contributed by atoms with Crippen molar-refractivity contribution in [2.75, 3.05) is 7.11 Å². The summed E-state index contributed by atoms with van der Waals surface area (Å²) in [6.45, 7) is 0. The van der Waals surface area contributed by atoms with Gasteiger partial charge in [-0.15, -0.1) is 13.2 Å². The minimum absolute atomic E-state index is 0.328. The smallest absolute Gasteiger partial charge is 0.497 e. The fourth-order valence-corrected chi connectivity index (χ4v) is 4.90. The first kappa shape index (κ1) is 17.0. The van der Waals surface area contributed by atoms with Gasteiger partial charge in [0.25, 0.3) is 0 Å². The van der Waals surface area contributed by atoms with Crippen molar-refractivity contribution >= 4 is 36.1 Å². The Morgan fingerprint density at radius 1 is 1.04 bits per heavy atom. The first-order chi connectivity index (χ1) is 11.3. The van der Waals surface area contributed by atoms with Crippen molar-refractivity contribution in [2.45, 2.75) is 11.3 Å². The number of alkyl halides is 3. The summed E-state index contributed by atoms with van der Waals surface area (Å²) in [5.41, 5.74) is 1.31. The van der Waals surface area contributed by atoms with Crippen LogP contribution in [0.4, 0.5) is 13.2 Å². The predicted molar refractivity (Wildman–Crippen MR) is 88.3 cm³/mol. The molecule has 0 N–H and O–H groups in total. The van der Waals surface area contributed by atoms with Crippen LogP contribution in [-0.2, 0) is 10.8 Å². The summed E-state index contributed by atoms with van der Waals surface area (Å²) in [6, 6.07) is 10.5. The Morgan fingerprint density at radius 3 is 2.25 bits per heavy atom. The topological polar surface area (TPSA) is 35.5 Å². The van der Waals surface area contributed by atoms with Crippen LogP contribution in [0, 0.1) is 0 Å². The van der Waals surface area contributed by atoms with Crippen molar-refractivity contribution in [3.05, 3.63) is 53.6 Å². The molecule has 2 aromatic rings. The Hall–Kier alpha value is -1.80. The zero-order valence-electron chi connectivity index (χ0n) is 12.2. The molecule has 1 atom stereocenters. The highest BCUT2D eigenvalue weighted by Crippen LogP contribution is 2.46. The molecule has 0 saturated carbocycles. The zero-order valence-corrected chi connectivity index (χ0v) is 14.6. The van der Waals surface area contributed by atoms with Crippen LogP contribution < -0.4 is 9.47 Å². The molecule has 0 amide bonds. The molecule has 0 bridgehead atoms. The second-order valence-corrected chi connectivity index (χ2v) is 7.02. The normalized spacial score (nSPS) is 17.0. The molecule has 3 nitrogen and oxygen atoms in total. The van der Waals surface area contributed by atoms with E-state index in [0.29, 0.717) is 25.6 Å². The van der Waals surface area contributed by atoms with Gasteiger partial charge in [0.15, 0.2) is 0 Å².